The number of nitrogens with zero attached hydrogens (tertiary/aromatic N) is 1. The van der Waals surface area contributed by atoms with Crippen molar-refractivity contribution < 1.29 is 0 Å². The number of rotatable bonds is 4. The number of hydrogen-bond donors (Lipinski definition) is 0. The summed E-state index contributed by atoms with van der Waals surface area (Å²) in [6.45, 7) is 3.31. The Bertz CT molecular complexity index is 1170. The van der Waals surface area contributed by atoms with E-state index in [2.05, 4.69) is 96.8 Å². The zero-order valence-corrected chi connectivity index (χ0v) is 17.4. The fraction of sp³-hybridized carbons (Fsp3) is 0.172. The fourth-order valence-electron chi connectivity index (χ4n) is 5.38. The number of anilines is 2. The van der Waals surface area contributed by atoms with Gasteiger partial charge in [-0.15, -0.1) is 0 Å². The third kappa shape index (κ3) is 2.55. The van der Waals surface area contributed by atoms with Gasteiger partial charge in [0.25, 0.3) is 0 Å². The van der Waals surface area contributed by atoms with Crippen molar-refractivity contribution in [3.63, 3.8) is 0 Å². The second-order valence-corrected chi connectivity index (χ2v) is 8.43. The first kappa shape index (κ1) is 17.5. The molecule has 0 unspecified atom stereocenters. The first-order valence-corrected chi connectivity index (χ1v) is 11.0. The Kier molecular flexibility index (Phi) is 4.02. The number of hydrogen-bond acceptors (Lipinski definition) is 1. The van der Waals surface area contributed by atoms with E-state index in [1.807, 2.05) is 0 Å². The number of fused-ring (bicyclic) bond motifs is 6. The van der Waals surface area contributed by atoms with Crippen LogP contribution in [0.2, 0.25) is 0 Å². The predicted molar refractivity (Wildman–Crippen MR) is 127 cm³/mol. The van der Waals surface area contributed by atoms with Crippen LogP contribution in [-0.2, 0) is 12.8 Å². The van der Waals surface area contributed by atoms with E-state index in [1.54, 1.807) is 0 Å². The van der Waals surface area contributed by atoms with Gasteiger partial charge < -0.3 is 4.90 Å². The molecule has 0 heterocycles. The van der Waals surface area contributed by atoms with Gasteiger partial charge in [-0.1, -0.05) is 79.7 Å². The monoisotopic (exact) mass is 387 g/mol. The van der Waals surface area contributed by atoms with Crippen LogP contribution in [0.4, 0.5) is 11.4 Å². The zero-order chi connectivity index (χ0) is 20.1. The summed E-state index contributed by atoms with van der Waals surface area (Å²) in [6, 6.07) is 31.4. The minimum Gasteiger partial charge on any atom is -0.341 e. The molecule has 146 valence electrons. The molecule has 30 heavy (non-hydrogen) atoms. The molecule has 0 bridgehead atoms. The van der Waals surface area contributed by atoms with E-state index >= 15 is 0 Å². The van der Waals surface area contributed by atoms with Crippen LogP contribution in [0.25, 0.3) is 22.3 Å². The lowest BCUT2D eigenvalue weighted by Gasteiger charge is -2.29. The van der Waals surface area contributed by atoms with Crippen molar-refractivity contribution in [1.29, 1.82) is 0 Å². The molecule has 2 aliphatic carbocycles. The summed E-state index contributed by atoms with van der Waals surface area (Å²) < 4.78 is 0. The van der Waals surface area contributed by atoms with E-state index < -0.39 is 0 Å². The second kappa shape index (κ2) is 6.88. The van der Waals surface area contributed by atoms with Crippen LogP contribution in [0, 0.1) is 0 Å². The minimum absolute atomic E-state index is 1.02. The van der Waals surface area contributed by atoms with Crippen LogP contribution in [0.15, 0.2) is 84.9 Å². The standard InChI is InChI=1S/C29H25N/c1-2-17-30(28-15-7-13-24-22-11-5-3-9-20(22)18-26(24)28)29-16-8-14-25-23-12-6-4-10-21(23)19-27(25)29/h3-16H,2,17-19H2,1H3. The highest BCUT2D eigenvalue weighted by Gasteiger charge is 2.27. The maximum Gasteiger partial charge on any atom is 0.0453 e. The van der Waals surface area contributed by atoms with E-state index in [9.17, 15) is 0 Å². The molecule has 2 aliphatic rings. The smallest absolute Gasteiger partial charge is 0.0453 e. The molecular formula is C29H25N. The van der Waals surface area contributed by atoms with Gasteiger partial charge in [0.05, 0.1) is 0 Å². The van der Waals surface area contributed by atoms with Crippen molar-refractivity contribution in [3.05, 3.63) is 107 Å². The SMILES string of the molecule is CCCN(c1cccc2c1Cc1ccccc1-2)c1cccc2c1Cc1ccccc1-2. The van der Waals surface area contributed by atoms with Crippen molar-refractivity contribution in [2.45, 2.75) is 26.2 Å². The third-order valence-corrected chi connectivity index (χ3v) is 6.68. The molecule has 0 fully saturated rings. The highest BCUT2D eigenvalue weighted by molar-refractivity contribution is 5.88. The van der Waals surface area contributed by atoms with Crippen molar-refractivity contribution >= 4 is 11.4 Å². The van der Waals surface area contributed by atoms with Gasteiger partial charge in [0.1, 0.15) is 0 Å². The fourth-order valence-corrected chi connectivity index (χ4v) is 5.38. The van der Waals surface area contributed by atoms with Crippen molar-refractivity contribution in [1.82, 2.24) is 0 Å². The molecule has 0 spiro atoms. The normalized spacial score (nSPS) is 12.8. The predicted octanol–water partition coefficient (Wildman–Crippen LogP) is 7.38. The molecule has 4 aromatic rings. The summed E-state index contributed by atoms with van der Waals surface area (Å²) in [7, 11) is 0. The first-order valence-electron chi connectivity index (χ1n) is 11.0. The van der Waals surface area contributed by atoms with Gasteiger partial charge >= 0.3 is 0 Å². The van der Waals surface area contributed by atoms with Gasteiger partial charge in [0, 0.05) is 30.8 Å². The van der Waals surface area contributed by atoms with Crippen LogP contribution >= 0.6 is 0 Å². The summed E-state index contributed by atoms with van der Waals surface area (Å²) in [5.41, 5.74) is 14.2. The maximum atomic E-state index is 2.58. The van der Waals surface area contributed by atoms with E-state index in [0.29, 0.717) is 0 Å². The minimum atomic E-state index is 1.02. The van der Waals surface area contributed by atoms with Crippen molar-refractivity contribution in [3.8, 4) is 22.3 Å². The van der Waals surface area contributed by atoms with Gasteiger partial charge in [0.15, 0.2) is 0 Å². The summed E-state index contributed by atoms with van der Waals surface area (Å²) >= 11 is 0. The molecule has 0 aliphatic heterocycles. The highest BCUT2D eigenvalue weighted by Crippen LogP contribution is 2.46. The van der Waals surface area contributed by atoms with Gasteiger partial charge in [-0.25, -0.2) is 0 Å². The van der Waals surface area contributed by atoms with Gasteiger partial charge in [-0.2, -0.15) is 0 Å². The van der Waals surface area contributed by atoms with Gasteiger partial charge in [-0.3, -0.25) is 0 Å². The molecule has 1 nitrogen and oxygen atoms in total. The molecule has 0 saturated carbocycles. The quantitative estimate of drug-likeness (QED) is 0.305. The molecule has 0 N–H and O–H groups in total. The van der Waals surface area contributed by atoms with Crippen molar-refractivity contribution in [2.75, 3.05) is 11.4 Å². The Labute approximate surface area is 178 Å². The molecule has 0 atom stereocenters. The van der Waals surface area contributed by atoms with Gasteiger partial charge in [-0.05, 0) is 63.1 Å². The van der Waals surface area contributed by atoms with Gasteiger partial charge in [0.2, 0.25) is 0 Å². The average Bonchev–Trinajstić information content (AvgIpc) is 3.36. The van der Waals surface area contributed by atoms with E-state index in [1.165, 1.54) is 55.9 Å². The lowest BCUT2D eigenvalue weighted by Crippen LogP contribution is -2.20. The molecular weight excluding hydrogens is 362 g/mol. The average molecular weight is 388 g/mol. The Morgan fingerprint density at radius 1 is 0.567 bits per heavy atom. The van der Waals surface area contributed by atoms with Crippen LogP contribution in [-0.4, -0.2) is 6.54 Å². The second-order valence-electron chi connectivity index (χ2n) is 8.43. The largest absolute Gasteiger partial charge is 0.341 e. The zero-order valence-electron chi connectivity index (χ0n) is 17.4. The molecule has 1 heteroatoms. The molecule has 0 radical (unpaired) electrons. The Hall–Kier alpha value is -3.32. The van der Waals surface area contributed by atoms with E-state index in [4.69, 9.17) is 0 Å². The van der Waals surface area contributed by atoms with Crippen LogP contribution < -0.4 is 4.90 Å². The molecule has 0 amide bonds. The highest BCUT2D eigenvalue weighted by atomic mass is 15.1. The molecule has 4 aromatic carbocycles. The molecule has 6 rings (SSSR count). The Morgan fingerprint density at radius 3 is 1.53 bits per heavy atom. The number of benzene rings is 4. The summed E-state index contributed by atoms with van der Waals surface area (Å²) in [6.07, 6.45) is 3.17. The molecule has 0 aromatic heterocycles. The first-order chi connectivity index (χ1) is 14.8. The van der Waals surface area contributed by atoms with Crippen LogP contribution in [0.3, 0.4) is 0 Å². The third-order valence-electron chi connectivity index (χ3n) is 6.68. The lowest BCUT2D eigenvalue weighted by atomic mass is 10.0. The van der Waals surface area contributed by atoms with Crippen LogP contribution in [0.5, 0.6) is 0 Å². The van der Waals surface area contributed by atoms with E-state index in [0.717, 1.165) is 25.8 Å². The molecule has 0 saturated heterocycles. The summed E-state index contributed by atoms with van der Waals surface area (Å²) in [5.74, 6) is 0. The summed E-state index contributed by atoms with van der Waals surface area (Å²) in [5, 5.41) is 0. The lowest BCUT2D eigenvalue weighted by molar-refractivity contribution is 0.877. The van der Waals surface area contributed by atoms with Crippen LogP contribution in [0.1, 0.15) is 35.6 Å². The van der Waals surface area contributed by atoms with Crippen molar-refractivity contribution in [2.24, 2.45) is 0 Å². The maximum absolute atomic E-state index is 2.58. The van der Waals surface area contributed by atoms with E-state index in [-0.39, 0.29) is 0 Å². The topological polar surface area (TPSA) is 3.24 Å². The summed E-state index contributed by atoms with van der Waals surface area (Å²) in [4.78, 5) is 2.58. The Morgan fingerprint density at radius 2 is 1.03 bits per heavy atom. The Balaban J connectivity index is 1.51.